The van der Waals surface area contributed by atoms with E-state index in [0.717, 1.165) is 25.9 Å². The number of alkyl carbamates (subject to hydrolysis) is 1. The van der Waals surface area contributed by atoms with E-state index in [1.807, 2.05) is 0 Å². The van der Waals surface area contributed by atoms with Gasteiger partial charge in [-0.3, -0.25) is 4.79 Å². The van der Waals surface area contributed by atoms with Gasteiger partial charge in [0, 0.05) is 13.1 Å². The highest BCUT2D eigenvalue weighted by Gasteiger charge is 2.18. The molecular formula is C10H18N2O3. The van der Waals surface area contributed by atoms with Crippen LogP contribution in [0.15, 0.2) is 0 Å². The van der Waals surface area contributed by atoms with Crippen LogP contribution in [0.2, 0.25) is 0 Å². The largest absolute Gasteiger partial charge is 0.447 e. The van der Waals surface area contributed by atoms with E-state index in [0.29, 0.717) is 0 Å². The third-order valence-corrected chi connectivity index (χ3v) is 2.19. The molecule has 86 valence electrons. The lowest BCUT2D eigenvalue weighted by Crippen LogP contribution is -2.39. The van der Waals surface area contributed by atoms with Crippen LogP contribution in [0.5, 0.6) is 0 Å². The number of likely N-dealkylation sites (tertiary alicyclic amines) is 1. The quantitative estimate of drug-likeness (QED) is 0.754. The zero-order valence-electron chi connectivity index (χ0n) is 9.28. The predicted octanol–water partition coefficient (Wildman–Crippen LogP) is 0.743. The Morgan fingerprint density at radius 2 is 1.93 bits per heavy atom. The molecule has 0 unspecified atom stereocenters. The highest BCUT2D eigenvalue weighted by Crippen LogP contribution is 2.06. The molecule has 0 aliphatic carbocycles. The number of amides is 2. The van der Waals surface area contributed by atoms with Gasteiger partial charge in [0.2, 0.25) is 5.91 Å². The molecule has 1 heterocycles. The molecule has 1 fully saturated rings. The lowest BCUT2D eigenvalue weighted by molar-refractivity contribution is -0.129. The minimum absolute atomic E-state index is 0.0333. The number of ether oxygens (including phenoxy) is 1. The van der Waals surface area contributed by atoms with E-state index in [1.54, 1.807) is 18.7 Å². The molecule has 1 N–H and O–H groups in total. The summed E-state index contributed by atoms with van der Waals surface area (Å²) in [5.74, 6) is -0.0341. The third kappa shape index (κ3) is 4.18. The molecule has 1 aliphatic rings. The van der Waals surface area contributed by atoms with Gasteiger partial charge in [0.25, 0.3) is 0 Å². The Bertz CT molecular complexity index is 235. The minimum Gasteiger partial charge on any atom is -0.447 e. The van der Waals surface area contributed by atoms with Crippen LogP contribution in [0.4, 0.5) is 4.79 Å². The lowest BCUT2D eigenvalue weighted by Gasteiger charge is -2.15. The first kappa shape index (κ1) is 11.8. The van der Waals surface area contributed by atoms with Gasteiger partial charge < -0.3 is 15.0 Å². The number of rotatable bonds is 3. The second-order valence-corrected chi connectivity index (χ2v) is 3.90. The summed E-state index contributed by atoms with van der Waals surface area (Å²) < 4.78 is 4.84. The van der Waals surface area contributed by atoms with Crippen LogP contribution >= 0.6 is 0 Å². The maximum atomic E-state index is 11.5. The number of carbonyl (C=O) groups excluding carboxylic acids is 2. The highest BCUT2D eigenvalue weighted by atomic mass is 16.6. The van der Waals surface area contributed by atoms with Gasteiger partial charge in [0.05, 0.1) is 6.10 Å². The second kappa shape index (κ2) is 5.58. The maximum absolute atomic E-state index is 11.5. The molecule has 5 nitrogen and oxygen atoms in total. The van der Waals surface area contributed by atoms with Crippen molar-refractivity contribution in [1.29, 1.82) is 0 Å². The molecule has 0 saturated carbocycles. The normalized spacial score (nSPS) is 15.5. The van der Waals surface area contributed by atoms with Crippen molar-refractivity contribution in [1.82, 2.24) is 10.2 Å². The van der Waals surface area contributed by atoms with E-state index in [-0.39, 0.29) is 18.6 Å². The van der Waals surface area contributed by atoms with Gasteiger partial charge in [-0.2, -0.15) is 0 Å². The fourth-order valence-corrected chi connectivity index (χ4v) is 1.48. The Hall–Kier alpha value is -1.26. The first-order valence-corrected chi connectivity index (χ1v) is 5.32. The molecule has 0 aromatic heterocycles. The lowest BCUT2D eigenvalue weighted by atomic mass is 10.4. The molecule has 1 saturated heterocycles. The molecule has 0 spiro atoms. The summed E-state index contributed by atoms with van der Waals surface area (Å²) in [6, 6.07) is 0. The van der Waals surface area contributed by atoms with Crippen LogP contribution in [0.1, 0.15) is 26.7 Å². The minimum atomic E-state index is -0.530. The maximum Gasteiger partial charge on any atom is 0.407 e. The fourth-order valence-electron chi connectivity index (χ4n) is 1.48. The Balaban J connectivity index is 2.18. The topological polar surface area (TPSA) is 58.6 Å². The van der Waals surface area contributed by atoms with Gasteiger partial charge in [-0.05, 0) is 26.7 Å². The second-order valence-electron chi connectivity index (χ2n) is 3.90. The van der Waals surface area contributed by atoms with Gasteiger partial charge in [-0.25, -0.2) is 4.79 Å². The van der Waals surface area contributed by atoms with Crippen LogP contribution < -0.4 is 5.32 Å². The van der Waals surface area contributed by atoms with Gasteiger partial charge in [-0.1, -0.05) is 0 Å². The van der Waals surface area contributed by atoms with Gasteiger partial charge in [0.1, 0.15) is 6.54 Å². The van der Waals surface area contributed by atoms with Gasteiger partial charge in [-0.15, -0.1) is 0 Å². The molecule has 0 aromatic rings. The summed E-state index contributed by atoms with van der Waals surface area (Å²) in [4.78, 5) is 24.3. The van der Waals surface area contributed by atoms with Crippen molar-refractivity contribution in [3.05, 3.63) is 0 Å². The zero-order chi connectivity index (χ0) is 11.3. The summed E-state index contributed by atoms with van der Waals surface area (Å²) in [6.45, 7) is 5.18. The van der Waals surface area contributed by atoms with Crippen molar-refractivity contribution >= 4 is 12.0 Å². The van der Waals surface area contributed by atoms with Crippen LogP contribution in [-0.4, -0.2) is 42.6 Å². The number of hydrogen-bond acceptors (Lipinski definition) is 3. The molecule has 0 bridgehead atoms. The van der Waals surface area contributed by atoms with E-state index >= 15 is 0 Å². The van der Waals surface area contributed by atoms with Gasteiger partial charge in [0.15, 0.2) is 0 Å². The summed E-state index contributed by atoms with van der Waals surface area (Å²) in [5.41, 5.74) is 0. The molecule has 1 aliphatic heterocycles. The number of carbonyl (C=O) groups is 2. The number of nitrogens with one attached hydrogen (secondary N) is 1. The number of hydrogen-bond donors (Lipinski definition) is 1. The first-order chi connectivity index (χ1) is 7.09. The fraction of sp³-hybridized carbons (Fsp3) is 0.800. The molecular weight excluding hydrogens is 196 g/mol. The molecule has 15 heavy (non-hydrogen) atoms. The Morgan fingerprint density at radius 1 is 1.33 bits per heavy atom. The van der Waals surface area contributed by atoms with E-state index in [1.165, 1.54) is 0 Å². The molecule has 5 heteroatoms. The SMILES string of the molecule is CC(C)OC(=O)NCC(=O)N1CCCC1. The van der Waals surface area contributed by atoms with Crippen molar-refractivity contribution in [3.8, 4) is 0 Å². The monoisotopic (exact) mass is 214 g/mol. The van der Waals surface area contributed by atoms with Crippen LogP contribution in [0.3, 0.4) is 0 Å². The summed E-state index contributed by atoms with van der Waals surface area (Å²) in [5, 5.41) is 2.44. The molecule has 0 radical (unpaired) electrons. The van der Waals surface area contributed by atoms with E-state index in [4.69, 9.17) is 4.74 Å². The van der Waals surface area contributed by atoms with Crippen molar-refractivity contribution in [2.75, 3.05) is 19.6 Å². The van der Waals surface area contributed by atoms with E-state index in [2.05, 4.69) is 5.32 Å². The average molecular weight is 214 g/mol. The predicted molar refractivity (Wildman–Crippen MR) is 55.4 cm³/mol. The Kier molecular flexibility index (Phi) is 4.39. The average Bonchev–Trinajstić information content (AvgIpc) is 2.65. The smallest absolute Gasteiger partial charge is 0.407 e. The van der Waals surface area contributed by atoms with E-state index < -0.39 is 6.09 Å². The summed E-state index contributed by atoms with van der Waals surface area (Å²) in [6.07, 6.45) is 1.43. The first-order valence-electron chi connectivity index (χ1n) is 5.32. The number of nitrogens with zero attached hydrogens (tertiary/aromatic N) is 1. The van der Waals surface area contributed by atoms with Crippen LogP contribution in [-0.2, 0) is 9.53 Å². The van der Waals surface area contributed by atoms with Crippen molar-refractivity contribution in [2.24, 2.45) is 0 Å². The van der Waals surface area contributed by atoms with Crippen LogP contribution in [0.25, 0.3) is 0 Å². The van der Waals surface area contributed by atoms with Crippen LogP contribution in [0, 0.1) is 0 Å². The molecule has 2 amide bonds. The van der Waals surface area contributed by atoms with Crippen molar-refractivity contribution in [3.63, 3.8) is 0 Å². The molecule has 1 rings (SSSR count). The van der Waals surface area contributed by atoms with Crippen molar-refractivity contribution in [2.45, 2.75) is 32.8 Å². The van der Waals surface area contributed by atoms with Crippen molar-refractivity contribution < 1.29 is 14.3 Å². The van der Waals surface area contributed by atoms with Gasteiger partial charge >= 0.3 is 6.09 Å². The standard InChI is InChI=1S/C10H18N2O3/c1-8(2)15-10(14)11-7-9(13)12-5-3-4-6-12/h8H,3-7H2,1-2H3,(H,11,14). The molecule has 0 atom stereocenters. The third-order valence-electron chi connectivity index (χ3n) is 2.19. The highest BCUT2D eigenvalue weighted by molar-refractivity contribution is 5.82. The summed E-state index contributed by atoms with van der Waals surface area (Å²) >= 11 is 0. The Labute approximate surface area is 89.8 Å². The summed E-state index contributed by atoms with van der Waals surface area (Å²) in [7, 11) is 0. The Morgan fingerprint density at radius 3 is 2.47 bits per heavy atom. The molecule has 0 aromatic carbocycles. The van der Waals surface area contributed by atoms with E-state index in [9.17, 15) is 9.59 Å². The zero-order valence-corrected chi connectivity index (χ0v) is 9.28.